The maximum absolute atomic E-state index is 5.62. The van der Waals surface area contributed by atoms with Gasteiger partial charge in [-0.05, 0) is 17.5 Å². The summed E-state index contributed by atoms with van der Waals surface area (Å²) >= 11 is 1.54. The number of anilines is 1. The van der Waals surface area contributed by atoms with Crippen molar-refractivity contribution >= 4 is 22.7 Å². The van der Waals surface area contributed by atoms with Gasteiger partial charge < -0.3 is 4.74 Å². The molecule has 0 spiro atoms. The molecule has 0 aliphatic carbocycles. The van der Waals surface area contributed by atoms with E-state index in [0.717, 1.165) is 41.4 Å². The highest BCUT2D eigenvalue weighted by atomic mass is 32.1. The number of nitrogens with zero attached hydrogens (tertiary/aromatic N) is 2. The van der Waals surface area contributed by atoms with Crippen molar-refractivity contribution in [3.63, 3.8) is 0 Å². The first-order chi connectivity index (χ1) is 12.8. The second-order valence-corrected chi connectivity index (χ2v) is 6.78. The molecule has 3 aromatic rings. The normalized spacial score (nSPS) is 11.1. The lowest BCUT2D eigenvalue weighted by Gasteiger charge is -2.03. The molecule has 1 aromatic heterocycles. The predicted octanol–water partition coefficient (Wildman–Crippen LogP) is 5.57. The van der Waals surface area contributed by atoms with Gasteiger partial charge in [-0.3, -0.25) is 5.43 Å². The highest BCUT2D eigenvalue weighted by Gasteiger charge is 2.02. The number of hydrogen-bond donors (Lipinski definition) is 1. The second kappa shape index (κ2) is 9.85. The van der Waals surface area contributed by atoms with E-state index in [4.69, 9.17) is 4.74 Å². The summed E-state index contributed by atoms with van der Waals surface area (Å²) in [4.78, 5) is 4.55. The molecule has 2 aromatic carbocycles. The van der Waals surface area contributed by atoms with E-state index in [1.54, 1.807) is 17.6 Å². The minimum absolute atomic E-state index is 0.664. The van der Waals surface area contributed by atoms with Gasteiger partial charge in [0.2, 0.25) is 5.13 Å². The van der Waals surface area contributed by atoms with Gasteiger partial charge >= 0.3 is 0 Å². The summed E-state index contributed by atoms with van der Waals surface area (Å²) in [6.45, 7) is 3.65. The van der Waals surface area contributed by atoms with E-state index >= 15 is 0 Å². The fourth-order valence-corrected chi connectivity index (χ4v) is 3.03. The Morgan fingerprint density at radius 3 is 2.69 bits per heavy atom. The third kappa shape index (κ3) is 5.51. The lowest BCUT2D eigenvalue weighted by Crippen LogP contribution is -1.95. The number of unbranched alkanes of at least 4 members (excludes halogenated alkanes) is 1. The molecule has 0 saturated heterocycles. The van der Waals surface area contributed by atoms with Crippen molar-refractivity contribution in [1.82, 2.24) is 4.98 Å². The Bertz CT molecular complexity index is 813. The van der Waals surface area contributed by atoms with Crippen LogP contribution in [0.15, 0.2) is 65.1 Å². The molecule has 1 heterocycles. The van der Waals surface area contributed by atoms with Gasteiger partial charge in [-0.2, -0.15) is 5.10 Å². The fraction of sp³-hybridized carbons (Fsp3) is 0.238. The monoisotopic (exact) mass is 365 g/mol. The van der Waals surface area contributed by atoms with Crippen LogP contribution >= 0.6 is 11.3 Å². The van der Waals surface area contributed by atoms with E-state index in [2.05, 4.69) is 46.7 Å². The predicted molar refractivity (Wildman–Crippen MR) is 110 cm³/mol. The number of benzene rings is 2. The van der Waals surface area contributed by atoms with Gasteiger partial charge in [-0.15, -0.1) is 11.3 Å². The summed E-state index contributed by atoms with van der Waals surface area (Å²) in [5.74, 6) is 0. The van der Waals surface area contributed by atoms with Gasteiger partial charge in [0.05, 0.1) is 18.5 Å². The van der Waals surface area contributed by atoms with Crippen molar-refractivity contribution in [2.75, 3.05) is 12.0 Å². The minimum Gasteiger partial charge on any atom is -0.377 e. The number of nitrogens with one attached hydrogen (secondary N) is 1. The van der Waals surface area contributed by atoms with E-state index in [9.17, 15) is 0 Å². The third-order valence-corrected chi connectivity index (χ3v) is 4.59. The van der Waals surface area contributed by atoms with Crippen LogP contribution < -0.4 is 5.43 Å². The van der Waals surface area contributed by atoms with Crippen molar-refractivity contribution in [3.05, 3.63) is 71.1 Å². The lowest BCUT2D eigenvalue weighted by atomic mass is 10.1. The molecule has 0 fully saturated rings. The third-order valence-electron chi connectivity index (χ3n) is 3.84. The number of aromatic nitrogens is 1. The molecule has 1 N–H and O–H groups in total. The summed E-state index contributed by atoms with van der Waals surface area (Å²) in [5, 5.41) is 7.08. The largest absolute Gasteiger partial charge is 0.377 e. The van der Waals surface area contributed by atoms with Gasteiger partial charge in [0.25, 0.3) is 0 Å². The highest BCUT2D eigenvalue weighted by Crippen LogP contribution is 2.24. The van der Waals surface area contributed by atoms with Crippen LogP contribution in [0.25, 0.3) is 11.3 Å². The van der Waals surface area contributed by atoms with Crippen LogP contribution in [0.5, 0.6) is 0 Å². The zero-order chi connectivity index (χ0) is 18.0. The first-order valence-corrected chi connectivity index (χ1v) is 9.70. The Kier molecular flexibility index (Phi) is 6.93. The molecule has 26 heavy (non-hydrogen) atoms. The van der Waals surface area contributed by atoms with Gasteiger partial charge in [-0.1, -0.05) is 67.9 Å². The molecule has 0 atom stereocenters. The molecule has 0 radical (unpaired) electrons. The van der Waals surface area contributed by atoms with E-state index in [0.29, 0.717) is 6.61 Å². The maximum atomic E-state index is 5.62. The minimum atomic E-state index is 0.664. The number of thiazole rings is 1. The molecule has 4 nitrogen and oxygen atoms in total. The van der Waals surface area contributed by atoms with Crippen molar-refractivity contribution < 1.29 is 4.74 Å². The SMILES string of the molecule is CCCCOCc1ccc(C=NNc2nc(-c3ccccc3)cs2)cc1. The molecule has 0 aliphatic rings. The summed E-state index contributed by atoms with van der Waals surface area (Å²) in [7, 11) is 0. The number of ether oxygens (including phenoxy) is 1. The van der Waals surface area contributed by atoms with E-state index in [-0.39, 0.29) is 0 Å². The fourth-order valence-electron chi connectivity index (χ4n) is 2.36. The van der Waals surface area contributed by atoms with E-state index in [1.807, 2.05) is 35.7 Å². The van der Waals surface area contributed by atoms with Crippen LogP contribution in [-0.4, -0.2) is 17.8 Å². The molecule has 5 heteroatoms. The zero-order valence-corrected chi connectivity index (χ0v) is 15.7. The van der Waals surface area contributed by atoms with Gasteiger partial charge in [0.1, 0.15) is 0 Å². The summed E-state index contributed by atoms with van der Waals surface area (Å²) < 4.78 is 5.62. The zero-order valence-electron chi connectivity index (χ0n) is 14.9. The summed E-state index contributed by atoms with van der Waals surface area (Å²) in [6.07, 6.45) is 4.07. The number of hydrazone groups is 1. The number of hydrogen-bond acceptors (Lipinski definition) is 5. The molecule has 0 unspecified atom stereocenters. The van der Waals surface area contributed by atoms with Crippen LogP contribution in [0.1, 0.15) is 30.9 Å². The van der Waals surface area contributed by atoms with Gasteiger partial charge in [-0.25, -0.2) is 4.98 Å². The van der Waals surface area contributed by atoms with Crippen LogP contribution in [0.4, 0.5) is 5.13 Å². The first-order valence-electron chi connectivity index (χ1n) is 8.82. The lowest BCUT2D eigenvalue weighted by molar-refractivity contribution is 0.118. The average Bonchev–Trinajstić information content (AvgIpc) is 3.16. The molecule has 3 rings (SSSR count). The Morgan fingerprint density at radius 1 is 1.12 bits per heavy atom. The van der Waals surface area contributed by atoms with Crippen LogP contribution in [0, 0.1) is 0 Å². The molecule has 0 aliphatic heterocycles. The van der Waals surface area contributed by atoms with Crippen LogP contribution in [-0.2, 0) is 11.3 Å². The first kappa shape index (κ1) is 18.3. The van der Waals surface area contributed by atoms with Crippen molar-refractivity contribution in [3.8, 4) is 11.3 Å². The Hall–Kier alpha value is -2.50. The summed E-state index contributed by atoms with van der Waals surface area (Å²) in [5.41, 5.74) is 7.28. The van der Waals surface area contributed by atoms with Gasteiger partial charge in [0.15, 0.2) is 0 Å². The van der Waals surface area contributed by atoms with Crippen LogP contribution in [0.2, 0.25) is 0 Å². The number of rotatable bonds is 9. The second-order valence-electron chi connectivity index (χ2n) is 5.92. The van der Waals surface area contributed by atoms with E-state index in [1.165, 1.54) is 5.56 Å². The topological polar surface area (TPSA) is 46.5 Å². The van der Waals surface area contributed by atoms with Gasteiger partial charge in [0, 0.05) is 17.6 Å². The van der Waals surface area contributed by atoms with Crippen molar-refractivity contribution in [2.24, 2.45) is 5.10 Å². The van der Waals surface area contributed by atoms with Crippen molar-refractivity contribution in [1.29, 1.82) is 0 Å². The van der Waals surface area contributed by atoms with E-state index < -0.39 is 0 Å². The standard InChI is InChI=1S/C21H23N3OS/c1-2-3-13-25-15-18-11-9-17(10-12-18)14-22-24-21-23-20(16-26-21)19-7-5-4-6-8-19/h4-12,14,16H,2-3,13,15H2,1H3,(H,23,24). The Labute approximate surface area is 158 Å². The molecule has 0 amide bonds. The molecular weight excluding hydrogens is 342 g/mol. The molecular formula is C21H23N3OS. The smallest absolute Gasteiger partial charge is 0.203 e. The maximum Gasteiger partial charge on any atom is 0.203 e. The Morgan fingerprint density at radius 2 is 1.92 bits per heavy atom. The molecule has 134 valence electrons. The van der Waals surface area contributed by atoms with Crippen molar-refractivity contribution in [2.45, 2.75) is 26.4 Å². The van der Waals surface area contributed by atoms with Crippen LogP contribution in [0.3, 0.4) is 0 Å². The quantitative estimate of drug-likeness (QED) is 0.306. The highest BCUT2D eigenvalue weighted by molar-refractivity contribution is 7.14. The Balaban J connectivity index is 1.50. The molecule has 0 saturated carbocycles. The average molecular weight is 366 g/mol. The summed E-state index contributed by atoms with van der Waals surface area (Å²) in [6, 6.07) is 18.4. The molecule has 0 bridgehead atoms.